The summed E-state index contributed by atoms with van der Waals surface area (Å²) in [6.45, 7) is 2.06. The molecule has 2 aromatic carbocycles. The highest BCUT2D eigenvalue weighted by Gasteiger charge is 2.19. The predicted molar refractivity (Wildman–Crippen MR) is 90.3 cm³/mol. The fourth-order valence-electron chi connectivity index (χ4n) is 2.37. The molecule has 1 aliphatic rings. The monoisotopic (exact) mass is 326 g/mol. The van der Waals surface area contributed by atoms with Gasteiger partial charge in [0.2, 0.25) is 5.76 Å². The second-order valence-corrected chi connectivity index (χ2v) is 5.37. The molecule has 1 aliphatic heterocycles. The van der Waals surface area contributed by atoms with E-state index in [2.05, 4.69) is 0 Å². The molecule has 3 nitrogen and oxygen atoms in total. The van der Waals surface area contributed by atoms with Crippen molar-refractivity contribution in [1.29, 1.82) is 0 Å². The zero-order chi connectivity index (χ0) is 16.2. The van der Waals surface area contributed by atoms with Gasteiger partial charge in [-0.2, -0.15) is 0 Å². The Kier molecular flexibility index (Phi) is 4.49. The first kappa shape index (κ1) is 15.4. The van der Waals surface area contributed by atoms with Crippen LogP contribution in [-0.4, -0.2) is 12.6 Å². The number of allylic oxidation sites excluding steroid dienone is 2. The lowest BCUT2D eigenvalue weighted by molar-refractivity contribution is -0.141. The predicted octanol–water partition coefficient (Wildman–Crippen LogP) is 4.61. The van der Waals surface area contributed by atoms with Crippen LogP contribution in [0.15, 0.2) is 66.4 Å². The molecule has 3 rings (SSSR count). The SMILES string of the molecule is CCOC(=O)C1=CC=C(c2ccc(Cl)cc2)c2ccccc2O1. The maximum atomic E-state index is 12.0. The van der Waals surface area contributed by atoms with Gasteiger partial charge in [0.05, 0.1) is 6.61 Å². The minimum Gasteiger partial charge on any atom is -0.460 e. The van der Waals surface area contributed by atoms with Gasteiger partial charge in [0.15, 0.2) is 0 Å². The molecule has 2 aromatic rings. The highest BCUT2D eigenvalue weighted by molar-refractivity contribution is 6.30. The summed E-state index contributed by atoms with van der Waals surface area (Å²) in [7, 11) is 0. The summed E-state index contributed by atoms with van der Waals surface area (Å²) >= 11 is 5.97. The van der Waals surface area contributed by atoms with Gasteiger partial charge in [-0.25, -0.2) is 4.79 Å². The second kappa shape index (κ2) is 6.71. The van der Waals surface area contributed by atoms with Crippen LogP contribution in [0.2, 0.25) is 5.02 Å². The Morgan fingerprint density at radius 2 is 1.83 bits per heavy atom. The largest absolute Gasteiger partial charge is 0.460 e. The van der Waals surface area contributed by atoms with E-state index in [1.54, 1.807) is 13.0 Å². The molecule has 0 aliphatic carbocycles. The first-order chi connectivity index (χ1) is 11.2. The number of esters is 1. The van der Waals surface area contributed by atoms with Gasteiger partial charge in [0, 0.05) is 10.6 Å². The standard InChI is InChI=1S/C19H15ClO3/c1-2-22-19(21)18-12-11-15(13-7-9-14(20)10-8-13)16-5-3-4-6-17(16)23-18/h3-12H,2H2,1H3. The van der Waals surface area contributed by atoms with Gasteiger partial charge in [-0.1, -0.05) is 41.9 Å². The van der Waals surface area contributed by atoms with Crippen molar-refractivity contribution in [2.45, 2.75) is 6.92 Å². The molecule has 1 heterocycles. The lowest BCUT2D eigenvalue weighted by atomic mass is 9.97. The average Bonchev–Trinajstić information content (AvgIpc) is 2.76. The summed E-state index contributed by atoms with van der Waals surface area (Å²) in [4.78, 5) is 12.0. The van der Waals surface area contributed by atoms with E-state index >= 15 is 0 Å². The number of rotatable bonds is 3. The number of hydrogen-bond donors (Lipinski definition) is 0. The molecule has 4 heteroatoms. The number of fused-ring (bicyclic) bond motifs is 1. The van der Waals surface area contributed by atoms with Crippen LogP contribution in [0.3, 0.4) is 0 Å². The Morgan fingerprint density at radius 3 is 2.57 bits per heavy atom. The number of ether oxygens (including phenoxy) is 2. The number of carbonyl (C=O) groups excluding carboxylic acids is 1. The minimum atomic E-state index is -0.476. The van der Waals surface area contributed by atoms with E-state index in [1.165, 1.54) is 0 Å². The lowest BCUT2D eigenvalue weighted by Gasteiger charge is -2.12. The van der Waals surface area contributed by atoms with Crippen molar-refractivity contribution in [3.05, 3.63) is 82.6 Å². The van der Waals surface area contributed by atoms with E-state index < -0.39 is 5.97 Å². The molecule has 0 aromatic heterocycles. The fourth-order valence-corrected chi connectivity index (χ4v) is 2.50. The smallest absolute Gasteiger partial charge is 0.374 e. The summed E-state index contributed by atoms with van der Waals surface area (Å²) in [5, 5.41) is 0.676. The van der Waals surface area contributed by atoms with Gasteiger partial charge in [-0.3, -0.25) is 0 Å². The van der Waals surface area contributed by atoms with Crippen molar-refractivity contribution >= 4 is 23.1 Å². The summed E-state index contributed by atoms with van der Waals surface area (Å²) in [6, 6.07) is 15.1. The maximum absolute atomic E-state index is 12.0. The lowest BCUT2D eigenvalue weighted by Crippen LogP contribution is -2.12. The number of carbonyl (C=O) groups is 1. The zero-order valence-corrected chi connectivity index (χ0v) is 13.3. The molecule has 0 atom stereocenters. The quantitative estimate of drug-likeness (QED) is 0.773. The van der Waals surface area contributed by atoms with Gasteiger partial charge in [0.25, 0.3) is 0 Å². The summed E-state index contributed by atoms with van der Waals surface area (Å²) in [5.74, 6) is 0.310. The summed E-state index contributed by atoms with van der Waals surface area (Å²) < 4.78 is 10.8. The van der Waals surface area contributed by atoms with Crippen molar-refractivity contribution < 1.29 is 14.3 Å². The van der Waals surface area contributed by atoms with Crippen molar-refractivity contribution in [3.8, 4) is 5.75 Å². The molecule has 0 saturated carbocycles. The third-order valence-electron chi connectivity index (χ3n) is 3.43. The first-order valence-electron chi connectivity index (χ1n) is 7.31. The molecule has 0 spiro atoms. The third kappa shape index (κ3) is 3.30. The van der Waals surface area contributed by atoms with Crippen molar-refractivity contribution in [2.24, 2.45) is 0 Å². The maximum Gasteiger partial charge on any atom is 0.374 e. The highest BCUT2D eigenvalue weighted by Crippen LogP contribution is 2.34. The van der Waals surface area contributed by atoms with Crippen molar-refractivity contribution in [1.82, 2.24) is 0 Å². The van der Waals surface area contributed by atoms with Gasteiger partial charge in [0.1, 0.15) is 5.75 Å². The van der Waals surface area contributed by atoms with Crippen LogP contribution in [0.5, 0.6) is 5.75 Å². The van der Waals surface area contributed by atoms with Crippen LogP contribution < -0.4 is 4.74 Å². The Balaban J connectivity index is 2.09. The van der Waals surface area contributed by atoms with Crippen LogP contribution >= 0.6 is 11.6 Å². The molecular weight excluding hydrogens is 312 g/mol. The molecule has 0 bridgehead atoms. The fraction of sp³-hybridized carbons (Fsp3) is 0.105. The summed E-state index contributed by atoms with van der Waals surface area (Å²) in [5.41, 5.74) is 2.86. The molecule has 0 fully saturated rings. The number of benzene rings is 2. The van der Waals surface area contributed by atoms with E-state index in [1.807, 2.05) is 54.6 Å². The highest BCUT2D eigenvalue weighted by atomic mass is 35.5. The van der Waals surface area contributed by atoms with E-state index in [4.69, 9.17) is 21.1 Å². The average molecular weight is 327 g/mol. The number of halogens is 1. The second-order valence-electron chi connectivity index (χ2n) is 4.94. The van der Waals surface area contributed by atoms with Crippen LogP contribution in [-0.2, 0) is 9.53 Å². The third-order valence-corrected chi connectivity index (χ3v) is 3.68. The number of para-hydroxylation sites is 1. The van der Waals surface area contributed by atoms with Gasteiger partial charge < -0.3 is 9.47 Å². The Labute approximate surface area is 139 Å². The first-order valence-corrected chi connectivity index (χ1v) is 7.69. The van der Waals surface area contributed by atoms with Crippen LogP contribution in [0.1, 0.15) is 18.1 Å². The topological polar surface area (TPSA) is 35.5 Å². The molecular formula is C19H15ClO3. The Morgan fingerprint density at radius 1 is 1.09 bits per heavy atom. The Hall–Kier alpha value is -2.52. The molecule has 0 saturated heterocycles. The van der Waals surface area contributed by atoms with Crippen LogP contribution in [0.4, 0.5) is 0 Å². The Bertz CT molecular complexity index is 789. The molecule has 0 radical (unpaired) electrons. The molecule has 116 valence electrons. The molecule has 0 N–H and O–H groups in total. The van der Waals surface area contributed by atoms with Crippen LogP contribution in [0, 0.1) is 0 Å². The minimum absolute atomic E-state index is 0.170. The number of hydrogen-bond acceptors (Lipinski definition) is 3. The van der Waals surface area contributed by atoms with E-state index in [0.717, 1.165) is 16.7 Å². The van der Waals surface area contributed by atoms with Crippen molar-refractivity contribution in [2.75, 3.05) is 6.61 Å². The van der Waals surface area contributed by atoms with Crippen molar-refractivity contribution in [3.63, 3.8) is 0 Å². The zero-order valence-electron chi connectivity index (χ0n) is 12.6. The van der Waals surface area contributed by atoms with Gasteiger partial charge in [-0.05, 0) is 48.4 Å². The van der Waals surface area contributed by atoms with Crippen LogP contribution in [0.25, 0.3) is 5.57 Å². The summed E-state index contributed by atoms with van der Waals surface area (Å²) in [6.07, 6.45) is 3.50. The van der Waals surface area contributed by atoms with E-state index in [-0.39, 0.29) is 5.76 Å². The van der Waals surface area contributed by atoms with Gasteiger partial charge in [-0.15, -0.1) is 0 Å². The van der Waals surface area contributed by atoms with E-state index in [0.29, 0.717) is 17.4 Å². The molecule has 23 heavy (non-hydrogen) atoms. The molecule has 0 unspecified atom stereocenters. The van der Waals surface area contributed by atoms with Gasteiger partial charge >= 0.3 is 5.97 Å². The normalized spacial score (nSPS) is 13.1. The molecule has 0 amide bonds. The van der Waals surface area contributed by atoms with E-state index in [9.17, 15) is 4.79 Å².